The molecule has 1 aromatic heterocycles. The lowest BCUT2D eigenvalue weighted by Crippen LogP contribution is -2.28. The number of nitrogens with two attached hydrogens (primary N) is 1. The van der Waals surface area contributed by atoms with E-state index in [9.17, 15) is 0 Å². The minimum Gasteiger partial charge on any atom is -0.482 e. The molecule has 2 aromatic rings. The summed E-state index contributed by atoms with van der Waals surface area (Å²) in [6.07, 6.45) is 0.890. The van der Waals surface area contributed by atoms with Crippen molar-refractivity contribution in [1.82, 2.24) is 4.98 Å². The van der Waals surface area contributed by atoms with Gasteiger partial charge in [-0.1, -0.05) is 13.0 Å². The van der Waals surface area contributed by atoms with Gasteiger partial charge in [0.2, 0.25) is 5.88 Å². The van der Waals surface area contributed by atoms with Gasteiger partial charge in [-0.25, -0.2) is 4.98 Å². The fraction of sp³-hybridized carbons (Fsp3) is 0.353. The molecule has 0 saturated heterocycles. The van der Waals surface area contributed by atoms with E-state index in [0.29, 0.717) is 11.6 Å². The molecule has 1 aromatic carbocycles. The first kappa shape index (κ1) is 15.2. The third kappa shape index (κ3) is 3.45. The standard InChI is InChI=1S/C17H22N2O2/c1-5-12-6-11-15(20-4)19-16(12)17(2,3)21-14-9-7-13(18)8-10-14/h6-11H,5,18H2,1-4H3. The van der Waals surface area contributed by atoms with Crippen molar-refractivity contribution in [1.29, 1.82) is 0 Å². The van der Waals surface area contributed by atoms with Crippen LogP contribution < -0.4 is 15.2 Å². The van der Waals surface area contributed by atoms with Crippen LogP contribution in [-0.2, 0) is 12.0 Å². The molecular weight excluding hydrogens is 264 g/mol. The third-order valence-corrected chi connectivity index (χ3v) is 3.37. The molecule has 0 bridgehead atoms. The van der Waals surface area contributed by atoms with Crippen molar-refractivity contribution in [3.05, 3.63) is 47.7 Å². The topological polar surface area (TPSA) is 57.4 Å². The summed E-state index contributed by atoms with van der Waals surface area (Å²) in [6.45, 7) is 6.11. The number of benzene rings is 1. The molecule has 4 heteroatoms. The highest BCUT2D eigenvalue weighted by Crippen LogP contribution is 2.30. The van der Waals surface area contributed by atoms with Crippen molar-refractivity contribution in [2.24, 2.45) is 0 Å². The maximum absolute atomic E-state index is 6.11. The summed E-state index contributed by atoms with van der Waals surface area (Å²) in [6, 6.07) is 11.3. The molecule has 2 N–H and O–H groups in total. The Hall–Kier alpha value is -2.23. The lowest BCUT2D eigenvalue weighted by Gasteiger charge is -2.28. The van der Waals surface area contributed by atoms with E-state index >= 15 is 0 Å². The molecule has 0 atom stereocenters. The molecule has 2 rings (SSSR count). The second-order valence-electron chi connectivity index (χ2n) is 5.40. The molecule has 112 valence electrons. The fourth-order valence-corrected chi connectivity index (χ4v) is 2.27. The van der Waals surface area contributed by atoms with Crippen LogP contribution in [0.15, 0.2) is 36.4 Å². The van der Waals surface area contributed by atoms with E-state index in [-0.39, 0.29) is 0 Å². The zero-order valence-corrected chi connectivity index (χ0v) is 13.0. The molecule has 4 nitrogen and oxygen atoms in total. The quantitative estimate of drug-likeness (QED) is 0.854. The largest absolute Gasteiger partial charge is 0.482 e. The van der Waals surface area contributed by atoms with Gasteiger partial charge in [0.25, 0.3) is 0 Å². The number of aryl methyl sites for hydroxylation is 1. The van der Waals surface area contributed by atoms with E-state index in [1.165, 1.54) is 0 Å². The third-order valence-electron chi connectivity index (χ3n) is 3.37. The summed E-state index contributed by atoms with van der Waals surface area (Å²) >= 11 is 0. The van der Waals surface area contributed by atoms with Gasteiger partial charge in [0.05, 0.1) is 12.8 Å². The molecule has 0 aliphatic rings. The number of hydrogen-bond donors (Lipinski definition) is 1. The summed E-state index contributed by atoms with van der Waals surface area (Å²) < 4.78 is 11.3. The fourth-order valence-electron chi connectivity index (χ4n) is 2.27. The Bertz CT molecular complexity index is 607. The molecular formula is C17H22N2O2. The predicted molar refractivity (Wildman–Crippen MR) is 84.7 cm³/mol. The van der Waals surface area contributed by atoms with Crippen LogP contribution in [-0.4, -0.2) is 12.1 Å². The Morgan fingerprint density at radius 1 is 1.10 bits per heavy atom. The van der Waals surface area contributed by atoms with E-state index in [4.69, 9.17) is 15.2 Å². The lowest BCUT2D eigenvalue weighted by atomic mass is 9.97. The Balaban J connectivity index is 2.35. The van der Waals surface area contributed by atoms with Gasteiger partial charge in [-0.15, -0.1) is 0 Å². The zero-order valence-electron chi connectivity index (χ0n) is 13.0. The highest BCUT2D eigenvalue weighted by Gasteiger charge is 2.27. The molecule has 0 amide bonds. The van der Waals surface area contributed by atoms with Crippen LogP contribution in [0.1, 0.15) is 32.0 Å². The number of aromatic nitrogens is 1. The molecule has 0 aliphatic heterocycles. The van der Waals surface area contributed by atoms with Gasteiger partial charge >= 0.3 is 0 Å². The maximum atomic E-state index is 6.11. The first-order valence-corrected chi connectivity index (χ1v) is 7.05. The van der Waals surface area contributed by atoms with E-state index in [0.717, 1.165) is 23.4 Å². The zero-order chi connectivity index (χ0) is 15.5. The second-order valence-corrected chi connectivity index (χ2v) is 5.40. The van der Waals surface area contributed by atoms with Crippen LogP contribution in [0.5, 0.6) is 11.6 Å². The van der Waals surface area contributed by atoms with Gasteiger partial charge < -0.3 is 15.2 Å². The number of pyridine rings is 1. The first-order chi connectivity index (χ1) is 9.96. The molecule has 0 unspecified atom stereocenters. The normalized spacial score (nSPS) is 11.2. The van der Waals surface area contributed by atoms with Crippen LogP contribution >= 0.6 is 0 Å². The lowest BCUT2D eigenvalue weighted by molar-refractivity contribution is 0.102. The molecule has 0 radical (unpaired) electrons. The van der Waals surface area contributed by atoms with Crippen LogP contribution in [0.2, 0.25) is 0 Å². The monoisotopic (exact) mass is 286 g/mol. The van der Waals surface area contributed by atoms with E-state index < -0.39 is 5.60 Å². The number of rotatable bonds is 5. The summed E-state index contributed by atoms with van der Waals surface area (Å²) in [4.78, 5) is 4.58. The van der Waals surface area contributed by atoms with Crippen molar-refractivity contribution in [2.45, 2.75) is 32.8 Å². The molecule has 0 saturated carbocycles. The second kappa shape index (κ2) is 6.04. The Kier molecular flexibility index (Phi) is 4.36. The highest BCUT2D eigenvalue weighted by molar-refractivity contribution is 5.42. The van der Waals surface area contributed by atoms with Crippen molar-refractivity contribution >= 4 is 5.69 Å². The number of nitrogen functional groups attached to an aromatic ring is 1. The summed E-state index contributed by atoms with van der Waals surface area (Å²) in [5.74, 6) is 1.36. The minimum absolute atomic E-state index is 0.560. The highest BCUT2D eigenvalue weighted by atomic mass is 16.5. The molecule has 0 spiro atoms. The summed E-state index contributed by atoms with van der Waals surface area (Å²) in [7, 11) is 1.62. The Morgan fingerprint density at radius 3 is 2.33 bits per heavy atom. The van der Waals surface area contributed by atoms with Crippen LogP contribution in [0.4, 0.5) is 5.69 Å². The molecule has 1 heterocycles. The van der Waals surface area contributed by atoms with Gasteiger partial charge in [-0.2, -0.15) is 0 Å². The van der Waals surface area contributed by atoms with Gasteiger partial charge in [0, 0.05) is 11.8 Å². The van der Waals surface area contributed by atoms with Crippen LogP contribution in [0, 0.1) is 0 Å². The predicted octanol–water partition coefficient (Wildman–Crippen LogP) is 3.55. The average Bonchev–Trinajstić information content (AvgIpc) is 2.48. The first-order valence-electron chi connectivity index (χ1n) is 7.05. The van der Waals surface area contributed by atoms with Crippen LogP contribution in [0.25, 0.3) is 0 Å². The molecule has 21 heavy (non-hydrogen) atoms. The number of nitrogens with zero attached hydrogens (tertiary/aromatic N) is 1. The summed E-state index contributed by atoms with van der Waals surface area (Å²) in [5.41, 5.74) is 7.90. The van der Waals surface area contributed by atoms with E-state index in [2.05, 4.69) is 11.9 Å². The van der Waals surface area contributed by atoms with Gasteiger partial charge in [0.15, 0.2) is 0 Å². The molecule has 0 aliphatic carbocycles. The number of anilines is 1. The van der Waals surface area contributed by atoms with Crippen LogP contribution in [0.3, 0.4) is 0 Å². The van der Waals surface area contributed by atoms with E-state index in [1.807, 2.05) is 50.2 Å². The minimum atomic E-state index is -0.560. The Morgan fingerprint density at radius 2 is 1.76 bits per heavy atom. The van der Waals surface area contributed by atoms with Crippen molar-refractivity contribution in [3.63, 3.8) is 0 Å². The number of methoxy groups -OCH3 is 1. The van der Waals surface area contributed by atoms with Crippen molar-refractivity contribution in [3.8, 4) is 11.6 Å². The molecule has 0 fully saturated rings. The Labute approximate surface area is 125 Å². The summed E-state index contributed by atoms with van der Waals surface area (Å²) in [5, 5.41) is 0. The van der Waals surface area contributed by atoms with E-state index in [1.54, 1.807) is 7.11 Å². The van der Waals surface area contributed by atoms with Gasteiger partial charge in [-0.3, -0.25) is 0 Å². The SMILES string of the molecule is CCc1ccc(OC)nc1C(C)(C)Oc1ccc(N)cc1. The number of hydrogen-bond acceptors (Lipinski definition) is 4. The number of ether oxygens (including phenoxy) is 2. The van der Waals surface area contributed by atoms with Gasteiger partial charge in [-0.05, 0) is 50.1 Å². The maximum Gasteiger partial charge on any atom is 0.213 e. The van der Waals surface area contributed by atoms with Crippen molar-refractivity contribution in [2.75, 3.05) is 12.8 Å². The van der Waals surface area contributed by atoms with Crippen molar-refractivity contribution < 1.29 is 9.47 Å². The average molecular weight is 286 g/mol. The van der Waals surface area contributed by atoms with Gasteiger partial charge in [0.1, 0.15) is 11.4 Å². The smallest absolute Gasteiger partial charge is 0.213 e.